The molecule has 0 aliphatic rings. The van der Waals surface area contributed by atoms with Gasteiger partial charge in [0, 0.05) is 0 Å². The molecule has 1 aromatic carbocycles. The molecule has 0 spiro atoms. The molecule has 0 fully saturated rings. The molecule has 0 bridgehead atoms. The van der Waals surface area contributed by atoms with E-state index in [0.29, 0.717) is 5.56 Å². The Morgan fingerprint density at radius 1 is 1.31 bits per heavy atom. The summed E-state index contributed by atoms with van der Waals surface area (Å²) in [4.78, 5) is 0. The molecule has 1 aromatic rings. The topological polar surface area (TPSA) is 26.0 Å². The summed E-state index contributed by atoms with van der Waals surface area (Å²) in [7, 11) is 0. The number of rotatable bonds is 0. The van der Waals surface area contributed by atoms with Crippen LogP contribution in [0, 0.1) is 6.92 Å². The fourth-order valence-corrected chi connectivity index (χ4v) is 1.11. The second-order valence-electron chi connectivity index (χ2n) is 2.66. The highest BCUT2D eigenvalue weighted by Gasteiger charge is 2.33. The van der Waals surface area contributed by atoms with Crippen molar-refractivity contribution in [2.45, 2.75) is 13.1 Å². The molecule has 2 N–H and O–H groups in total. The van der Waals surface area contributed by atoms with Crippen LogP contribution in [-0.2, 0) is 6.18 Å². The quantitative estimate of drug-likeness (QED) is 0.652. The van der Waals surface area contributed by atoms with Gasteiger partial charge in [-0.05, 0) is 18.6 Å². The van der Waals surface area contributed by atoms with Gasteiger partial charge in [-0.3, -0.25) is 0 Å². The Hall–Kier alpha value is -0.900. The van der Waals surface area contributed by atoms with Crippen molar-refractivity contribution in [1.82, 2.24) is 0 Å². The molecule has 0 saturated carbocycles. The standard InChI is InChI=1S/C8H7ClF3N/c1-4-2-3-5(8(10,11)12)7(13)6(4)9/h2-3H,13H2,1H3. The Kier molecular flexibility index (Phi) is 2.43. The van der Waals surface area contributed by atoms with E-state index in [1.807, 2.05) is 0 Å². The number of alkyl halides is 3. The van der Waals surface area contributed by atoms with Crippen molar-refractivity contribution in [2.75, 3.05) is 5.73 Å². The van der Waals surface area contributed by atoms with E-state index in [9.17, 15) is 13.2 Å². The lowest BCUT2D eigenvalue weighted by molar-refractivity contribution is -0.136. The second-order valence-corrected chi connectivity index (χ2v) is 3.03. The zero-order chi connectivity index (χ0) is 10.2. The molecule has 0 radical (unpaired) electrons. The van der Waals surface area contributed by atoms with Gasteiger partial charge in [0.25, 0.3) is 0 Å². The maximum atomic E-state index is 12.2. The van der Waals surface area contributed by atoms with Crippen molar-refractivity contribution < 1.29 is 13.2 Å². The Labute approximate surface area is 78.3 Å². The van der Waals surface area contributed by atoms with Gasteiger partial charge in [0.15, 0.2) is 0 Å². The number of nitrogens with two attached hydrogens (primary N) is 1. The summed E-state index contributed by atoms with van der Waals surface area (Å²) < 4.78 is 36.7. The van der Waals surface area contributed by atoms with Gasteiger partial charge in [0.2, 0.25) is 0 Å². The van der Waals surface area contributed by atoms with E-state index in [-0.39, 0.29) is 5.02 Å². The maximum absolute atomic E-state index is 12.2. The van der Waals surface area contributed by atoms with Crippen LogP contribution < -0.4 is 5.73 Å². The smallest absolute Gasteiger partial charge is 0.397 e. The minimum absolute atomic E-state index is 0.0326. The minimum atomic E-state index is -4.44. The normalized spacial score (nSPS) is 11.8. The molecule has 0 unspecified atom stereocenters. The highest BCUT2D eigenvalue weighted by molar-refractivity contribution is 6.34. The van der Waals surface area contributed by atoms with Gasteiger partial charge in [-0.15, -0.1) is 0 Å². The molecular weight excluding hydrogens is 203 g/mol. The van der Waals surface area contributed by atoms with Crippen LogP contribution in [0.5, 0.6) is 0 Å². The molecule has 72 valence electrons. The predicted molar refractivity (Wildman–Crippen MR) is 45.6 cm³/mol. The molecule has 1 nitrogen and oxygen atoms in total. The Morgan fingerprint density at radius 3 is 2.31 bits per heavy atom. The Morgan fingerprint density at radius 2 is 1.85 bits per heavy atom. The summed E-state index contributed by atoms with van der Waals surface area (Å²) >= 11 is 5.56. The third-order valence-electron chi connectivity index (χ3n) is 1.68. The molecule has 13 heavy (non-hydrogen) atoms. The van der Waals surface area contributed by atoms with Crippen LogP contribution in [0.25, 0.3) is 0 Å². The van der Waals surface area contributed by atoms with Crippen molar-refractivity contribution in [3.8, 4) is 0 Å². The largest absolute Gasteiger partial charge is 0.418 e. The number of halogens is 4. The van der Waals surface area contributed by atoms with Crippen LogP contribution in [-0.4, -0.2) is 0 Å². The first kappa shape index (κ1) is 10.2. The summed E-state index contributed by atoms with van der Waals surface area (Å²) in [6, 6.07) is 2.22. The molecular formula is C8H7ClF3N. The SMILES string of the molecule is Cc1ccc(C(F)(F)F)c(N)c1Cl. The lowest BCUT2D eigenvalue weighted by Gasteiger charge is -2.11. The number of hydrogen-bond acceptors (Lipinski definition) is 1. The zero-order valence-corrected chi connectivity index (χ0v) is 7.50. The molecule has 0 aliphatic carbocycles. The summed E-state index contributed by atoms with van der Waals surface area (Å²) in [6.07, 6.45) is -4.44. The van der Waals surface area contributed by atoms with Crippen molar-refractivity contribution in [2.24, 2.45) is 0 Å². The van der Waals surface area contributed by atoms with E-state index >= 15 is 0 Å². The van der Waals surface area contributed by atoms with Gasteiger partial charge >= 0.3 is 6.18 Å². The van der Waals surface area contributed by atoms with Crippen LogP contribution in [0.1, 0.15) is 11.1 Å². The number of anilines is 1. The van der Waals surface area contributed by atoms with Gasteiger partial charge in [-0.1, -0.05) is 17.7 Å². The number of nitrogen functional groups attached to an aromatic ring is 1. The summed E-state index contributed by atoms with van der Waals surface area (Å²) in [5.41, 5.74) is 4.46. The highest BCUT2D eigenvalue weighted by Crippen LogP contribution is 2.37. The van der Waals surface area contributed by atoms with Gasteiger partial charge in [-0.2, -0.15) is 13.2 Å². The summed E-state index contributed by atoms with van der Waals surface area (Å²) in [5, 5.41) is -0.0326. The van der Waals surface area contributed by atoms with Gasteiger partial charge in [0.1, 0.15) is 0 Å². The first-order valence-corrected chi connectivity index (χ1v) is 3.83. The Balaban J connectivity index is 3.35. The molecule has 0 aromatic heterocycles. The van der Waals surface area contributed by atoms with E-state index in [4.69, 9.17) is 17.3 Å². The van der Waals surface area contributed by atoms with E-state index < -0.39 is 17.4 Å². The average Bonchev–Trinajstić information content (AvgIpc) is 1.98. The number of benzene rings is 1. The fourth-order valence-electron chi connectivity index (χ4n) is 0.949. The molecule has 5 heteroatoms. The first-order chi connectivity index (χ1) is 5.84. The Bertz CT molecular complexity index is 333. The van der Waals surface area contributed by atoms with E-state index in [0.717, 1.165) is 6.07 Å². The molecule has 1 rings (SSSR count). The number of aryl methyl sites for hydroxylation is 1. The van der Waals surface area contributed by atoms with Crippen LogP contribution >= 0.6 is 11.6 Å². The third-order valence-corrected chi connectivity index (χ3v) is 2.18. The van der Waals surface area contributed by atoms with E-state index in [1.54, 1.807) is 6.92 Å². The minimum Gasteiger partial charge on any atom is -0.397 e. The second kappa shape index (κ2) is 3.10. The van der Waals surface area contributed by atoms with Crippen LogP contribution in [0.3, 0.4) is 0 Å². The predicted octanol–water partition coefficient (Wildman–Crippen LogP) is 3.25. The highest BCUT2D eigenvalue weighted by atomic mass is 35.5. The van der Waals surface area contributed by atoms with Crippen molar-refractivity contribution in [3.05, 3.63) is 28.3 Å². The molecule has 0 aliphatic heterocycles. The molecule has 0 atom stereocenters. The first-order valence-electron chi connectivity index (χ1n) is 3.46. The zero-order valence-electron chi connectivity index (χ0n) is 6.74. The monoisotopic (exact) mass is 209 g/mol. The van der Waals surface area contributed by atoms with Gasteiger partial charge < -0.3 is 5.73 Å². The fraction of sp³-hybridized carbons (Fsp3) is 0.250. The van der Waals surface area contributed by atoms with E-state index in [2.05, 4.69) is 0 Å². The van der Waals surface area contributed by atoms with Gasteiger partial charge in [0.05, 0.1) is 16.3 Å². The van der Waals surface area contributed by atoms with Crippen LogP contribution in [0.2, 0.25) is 5.02 Å². The summed E-state index contributed by atoms with van der Waals surface area (Å²) in [6.45, 7) is 1.60. The summed E-state index contributed by atoms with van der Waals surface area (Å²) in [5.74, 6) is 0. The van der Waals surface area contributed by atoms with Crippen molar-refractivity contribution >= 4 is 17.3 Å². The van der Waals surface area contributed by atoms with Crippen molar-refractivity contribution in [1.29, 1.82) is 0 Å². The van der Waals surface area contributed by atoms with E-state index in [1.165, 1.54) is 6.07 Å². The molecule has 0 heterocycles. The van der Waals surface area contributed by atoms with Crippen molar-refractivity contribution in [3.63, 3.8) is 0 Å². The molecule has 0 saturated heterocycles. The lowest BCUT2D eigenvalue weighted by atomic mass is 10.1. The lowest BCUT2D eigenvalue weighted by Crippen LogP contribution is -2.09. The third kappa shape index (κ3) is 1.88. The van der Waals surface area contributed by atoms with Crippen LogP contribution in [0.4, 0.5) is 18.9 Å². The van der Waals surface area contributed by atoms with Crippen LogP contribution in [0.15, 0.2) is 12.1 Å². The van der Waals surface area contributed by atoms with Gasteiger partial charge in [-0.25, -0.2) is 0 Å². The maximum Gasteiger partial charge on any atom is 0.418 e. The molecule has 0 amide bonds. The number of hydrogen-bond donors (Lipinski definition) is 1. The average molecular weight is 210 g/mol.